The minimum Gasteiger partial charge on any atom is -0.465 e. The van der Waals surface area contributed by atoms with Crippen molar-refractivity contribution in [2.24, 2.45) is 0 Å². The van der Waals surface area contributed by atoms with Crippen LogP contribution in [0.4, 0.5) is 0 Å². The first kappa shape index (κ1) is 17.9. The Labute approximate surface area is 152 Å². The standard InChI is InChI=1S/C18H18ClNO4S/c1-3-24-18(21)17-16(13-6-8-14(19)9-7-13)20(17)25(22,23)15-10-4-12(2)5-11-15/h4-11,16-17H,3H2,1-2H3. The van der Waals surface area contributed by atoms with Crippen molar-refractivity contribution in [3.8, 4) is 0 Å². The van der Waals surface area contributed by atoms with E-state index in [2.05, 4.69) is 0 Å². The van der Waals surface area contributed by atoms with Crippen molar-refractivity contribution in [1.29, 1.82) is 0 Å². The van der Waals surface area contributed by atoms with Crippen molar-refractivity contribution in [1.82, 2.24) is 4.31 Å². The van der Waals surface area contributed by atoms with E-state index in [-0.39, 0.29) is 11.5 Å². The van der Waals surface area contributed by atoms with Crippen molar-refractivity contribution in [2.45, 2.75) is 30.8 Å². The van der Waals surface area contributed by atoms with E-state index in [1.165, 1.54) is 4.31 Å². The molecule has 0 aromatic heterocycles. The fourth-order valence-electron chi connectivity index (χ4n) is 2.79. The molecule has 0 N–H and O–H groups in total. The number of benzene rings is 2. The Morgan fingerprint density at radius 1 is 1.12 bits per heavy atom. The van der Waals surface area contributed by atoms with Gasteiger partial charge in [0.15, 0.2) is 0 Å². The van der Waals surface area contributed by atoms with Gasteiger partial charge in [0, 0.05) is 5.02 Å². The molecule has 0 aliphatic carbocycles. The summed E-state index contributed by atoms with van der Waals surface area (Å²) in [5.41, 5.74) is 1.67. The third-order valence-corrected chi connectivity index (χ3v) is 6.22. The van der Waals surface area contributed by atoms with E-state index < -0.39 is 28.1 Å². The van der Waals surface area contributed by atoms with Gasteiger partial charge in [0.2, 0.25) is 10.0 Å². The molecule has 1 heterocycles. The number of rotatable bonds is 5. The highest BCUT2D eigenvalue weighted by atomic mass is 35.5. The molecule has 3 atom stereocenters. The maximum Gasteiger partial charge on any atom is 0.326 e. The van der Waals surface area contributed by atoms with Gasteiger partial charge in [-0.3, -0.25) is 4.79 Å². The van der Waals surface area contributed by atoms with Crippen LogP contribution in [0.3, 0.4) is 0 Å². The number of aryl methyl sites for hydroxylation is 1. The van der Waals surface area contributed by atoms with Crippen molar-refractivity contribution in [2.75, 3.05) is 6.61 Å². The van der Waals surface area contributed by atoms with Gasteiger partial charge in [-0.2, -0.15) is 4.31 Å². The van der Waals surface area contributed by atoms with E-state index in [0.29, 0.717) is 10.6 Å². The summed E-state index contributed by atoms with van der Waals surface area (Å²) in [5, 5.41) is 0.546. The predicted molar refractivity (Wildman–Crippen MR) is 94.8 cm³/mol. The van der Waals surface area contributed by atoms with Gasteiger partial charge < -0.3 is 4.74 Å². The van der Waals surface area contributed by atoms with Crippen molar-refractivity contribution >= 4 is 27.6 Å². The van der Waals surface area contributed by atoms with E-state index in [1.54, 1.807) is 55.5 Å². The lowest BCUT2D eigenvalue weighted by atomic mass is 10.1. The molecule has 2 aromatic carbocycles. The zero-order chi connectivity index (χ0) is 18.2. The van der Waals surface area contributed by atoms with Gasteiger partial charge in [-0.25, -0.2) is 8.42 Å². The SMILES string of the molecule is CCOC(=O)C1C(c2ccc(Cl)cc2)N1S(=O)(=O)c1ccc(C)cc1. The van der Waals surface area contributed by atoms with Crippen molar-refractivity contribution < 1.29 is 17.9 Å². The monoisotopic (exact) mass is 379 g/mol. The molecule has 1 fully saturated rings. The molecule has 0 amide bonds. The molecule has 0 spiro atoms. The number of hydrogen-bond acceptors (Lipinski definition) is 4. The highest BCUT2D eigenvalue weighted by Crippen LogP contribution is 2.48. The van der Waals surface area contributed by atoms with Crippen LogP contribution in [0.2, 0.25) is 5.02 Å². The molecule has 1 saturated heterocycles. The van der Waals surface area contributed by atoms with Gasteiger partial charge >= 0.3 is 5.97 Å². The van der Waals surface area contributed by atoms with E-state index in [9.17, 15) is 13.2 Å². The summed E-state index contributed by atoms with van der Waals surface area (Å²) < 4.78 is 32.2. The molecule has 132 valence electrons. The summed E-state index contributed by atoms with van der Waals surface area (Å²) in [5.74, 6) is -0.543. The fraction of sp³-hybridized carbons (Fsp3) is 0.278. The van der Waals surface area contributed by atoms with Gasteiger partial charge in [-0.15, -0.1) is 0 Å². The van der Waals surface area contributed by atoms with Gasteiger partial charge in [-0.05, 0) is 43.7 Å². The summed E-state index contributed by atoms with van der Waals surface area (Å²) in [6.45, 7) is 3.77. The molecule has 2 aromatic rings. The van der Waals surface area contributed by atoms with Crippen LogP contribution in [0.1, 0.15) is 24.1 Å². The molecular formula is C18H18ClNO4S. The molecule has 0 saturated carbocycles. The van der Waals surface area contributed by atoms with E-state index in [4.69, 9.17) is 16.3 Å². The van der Waals surface area contributed by atoms with Gasteiger partial charge in [0.25, 0.3) is 0 Å². The Morgan fingerprint density at radius 2 is 1.72 bits per heavy atom. The zero-order valence-corrected chi connectivity index (χ0v) is 15.4. The molecule has 0 radical (unpaired) electrons. The van der Waals surface area contributed by atoms with Crippen molar-refractivity contribution in [3.63, 3.8) is 0 Å². The molecule has 0 bridgehead atoms. The largest absolute Gasteiger partial charge is 0.465 e. The van der Waals surface area contributed by atoms with Crippen LogP contribution in [-0.4, -0.2) is 31.3 Å². The summed E-state index contributed by atoms with van der Waals surface area (Å²) >= 11 is 5.90. The zero-order valence-electron chi connectivity index (χ0n) is 13.8. The Morgan fingerprint density at radius 3 is 2.28 bits per heavy atom. The second kappa shape index (κ2) is 6.78. The smallest absolute Gasteiger partial charge is 0.326 e. The minimum absolute atomic E-state index is 0.156. The summed E-state index contributed by atoms with van der Waals surface area (Å²) in [4.78, 5) is 12.4. The molecule has 3 rings (SSSR count). The maximum atomic E-state index is 13.0. The molecule has 3 unspecified atom stereocenters. The first-order valence-electron chi connectivity index (χ1n) is 7.88. The van der Waals surface area contributed by atoms with Gasteiger partial charge in [0.1, 0.15) is 6.04 Å². The Hall–Kier alpha value is -1.89. The lowest BCUT2D eigenvalue weighted by molar-refractivity contribution is -0.143. The van der Waals surface area contributed by atoms with E-state index in [0.717, 1.165) is 5.56 Å². The summed E-state index contributed by atoms with van der Waals surface area (Å²) in [7, 11) is -3.80. The average molecular weight is 380 g/mol. The second-order valence-corrected chi connectivity index (χ2v) is 8.12. The fourth-order valence-corrected chi connectivity index (χ4v) is 4.62. The topological polar surface area (TPSA) is 63.5 Å². The number of halogens is 1. The van der Waals surface area contributed by atoms with Crippen LogP contribution in [0.15, 0.2) is 53.4 Å². The van der Waals surface area contributed by atoms with Gasteiger partial charge in [-0.1, -0.05) is 41.4 Å². The molecule has 7 heteroatoms. The van der Waals surface area contributed by atoms with Crippen LogP contribution < -0.4 is 0 Å². The predicted octanol–water partition coefficient (Wildman–Crippen LogP) is 3.33. The van der Waals surface area contributed by atoms with Crippen molar-refractivity contribution in [3.05, 3.63) is 64.7 Å². The maximum absolute atomic E-state index is 13.0. The van der Waals surface area contributed by atoms with Crippen LogP contribution in [0.25, 0.3) is 0 Å². The minimum atomic E-state index is -3.80. The molecule has 25 heavy (non-hydrogen) atoms. The highest BCUT2D eigenvalue weighted by Gasteiger charge is 2.61. The molecular weight excluding hydrogens is 362 g/mol. The lowest BCUT2D eigenvalue weighted by Crippen LogP contribution is -2.21. The second-order valence-electron chi connectivity index (χ2n) is 5.84. The van der Waals surface area contributed by atoms with Crippen LogP contribution >= 0.6 is 11.6 Å². The highest BCUT2D eigenvalue weighted by molar-refractivity contribution is 7.89. The molecule has 1 aliphatic heterocycles. The number of sulfonamides is 1. The Bertz CT molecular complexity index is 878. The number of hydrogen-bond donors (Lipinski definition) is 0. The Balaban J connectivity index is 1.97. The molecule has 1 aliphatic rings. The quantitative estimate of drug-likeness (QED) is 0.590. The van der Waals surface area contributed by atoms with E-state index >= 15 is 0 Å². The third kappa shape index (κ3) is 3.42. The van der Waals surface area contributed by atoms with Crippen LogP contribution in [-0.2, 0) is 19.6 Å². The third-order valence-electron chi connectivity index (χ3n) is 4.09. The normalized spacial score (nSPS) is 22.4. The number of carbonyl (C=O) groups is 1. The number of nitrogens with zero attached hydrogens (tertiary/aromatic N) is 1. The first-order valence-corrected chi connectivity index (χ1v) is 9.70. The Kier molecular flexibility index (Phi) is 4.86. The summed E-state index contributed by atoms with van der Waals surface area (Å²) in [6, 6.07) is 11.9. The first-order chi connectivity index (χ1) is 11.9. The number of esters is 1. The summed E-state index contributed by atoms with van der Waals surface area (Å²) in [6.07, 6.45) is 0. The number of carbonyl (C=O) groups excluding carboxylic acids is 1. The average Bonchev–Trinajstić information content (AvgIpc) is 3.33. The lowest BCUT2D eigenvalue weighted by Gasteiger charge is -2.07. The van der Waals surface area contributed by atoms with Crippen LogP contribution in [0, 0.1) is 6.92 Å². The van der Waals surface area contributed by atoms with Gasteiger partial charge in [0.05, 0.1) is 17.5 Å². The number of ether oxygens (including phenoxy) is 1. The van der Waals surface area contributed by atoms with E-state index in [1.807, 2.05) is 6.92 Å². The van der Waals surface area contributed by atoms with Crippen LogP contribution in [0.5, 0.6) is 0 Å². The molecule has 5 nitrogen and oxygen atoms in total.